The summed E-state index contributed by atoms with van der Waals surface area (Å²) in [5, 5.41) is 9.49. The fourth-order valence-corrected chi connectivity index (χ4v) is 2.07. The number of amides is 1. The molecule has 1 aliphatic heterocycles. The zero-order valence-corrected chi connectivity index (χ0v) is 12.0. The predicted octanol–water partition coefficient (Wildman–Crippen LogP) is 1.41. The molecule has 0 unspecified atom stereocenters. The van der Waals surface area contributed by atoms with Gasteiger partial charge in [-0.3, -0.25) is 9.79 Å². The Morgan fingerprint density at radius 3 is 2.85 bits per heavy atom. The molecule has 3 N–H and O–H groups in total. The molecule has 1 aliphatic carbocycles. The van der Waals surface area contributed by atoms with E-state index < -0.39 is 0 Å². The van der Waals surface area contributed by atoms with Crippen LogP contribution < -0.4 is 16.0 Å². The molecular weight excluding hydrogens is 276 g/mol. The standard InChI is InChI=1S/C14H18N4O.ClH/c19-14(18-10-5-6-10)11-3-1-2-4-12(11)17-9-13-15-7-8-16-13;/h1-4,10,17H,5-9H2,(H,15,16)(H,18,19);1H. The van der Waals surface area contributed by atoms with E-state index in [1.807, 2.05) is 24.3 Å². The quantitative estimate of drug-likeness (QED) is 0.769. The number of halogens is 1. The summed E-state index contributed by atoms with van der Waals surface area (Å²) in [5.74, 6) is 0.962. The Morgan fingerprint density at radius 2 is 2.15 bits per heavy atom. The summed E-state index contributed by atoms with van der Waals surface area (Å²) >= 11 is 0. The molecule has 0 atom stereocenters. The number of nitrogens with zero attached hydrogens (tertiary/aromatic N) is 1. The van der Waals surface area contributed by atoms with Crippen LogP contribution in [0, 0.1) is 0 Å². The molecule has 0 spiro atoms. The average molecular weight is 295 g/mol. The maximum atomic E-state index is 12.1. The Kier molecular flexibility index (Phi) is 4.84. The van der Waals surface area contributed by atoms with Gasteiger partial charge in [0.1, 0.15) is 5.84 Å². The Hall–Kier alpha value is -1.75. The van der Waals surface area contributed by atoms with Crippen LogP contribution in [0.25, 0.3) is 0 Å². The molecule has 2 aliphatic rings. The number of benzene rings is 1. The van der Waals surface area contributed by atoms with Crippen LogP contribution in [0.2, 0.25) is 0 Å². The summed E-state index contributed by atoms with van der Waals surface area (Å²) in [4.78, 5) is 16.4. The first-order valence-corrected chi connectivity index (χ1v) is 6.74. The second kappa shape index (κ2) is 6.61. The van der Waals surface area contributed by atoms with Crippen LogP contribution in [0.15, 0.2) is 29.3 Å². The number of amidine groups is 1. The molecule has 3 rings (SSSR count). The number of para-hydroxylation sites is 1. The number of hydrogen-bond acceptors (Lipinski definition) is 4. The smallest absolute Gasteiger partial charge is 0.253 e. The minimum atomic E-state index is 0. The van der Waals surface area contributed by atoms with Crippen molar-refractivity contribution in [2.75, 3.05) is 25.0 Å². The molecule has 6 heteroatoms. The Bertz CT molecular complexity index is 514. The second-order valence-electron chi connectivity index (χ2n) is 4.90. The van der Waals surface area contributed by atoms with Gasteiger partial charge in [-0.25, -0.2) is 0 Å². The zero-order valence-electron chi connectivity index (χ0n) is 11.2. The van der Waals surface area contributed by atoms with Gasteiger partial charge >= 0.3 is 0 Å². The van der Waals surface area contributed by atoms with E-state index in [1.54, 1.807) is 0 Å². The first kappa shape index (κ1) is 14.7. The normalized spacial score (nSPS) is 16.7. The third-order valence-electron chi connectivity index (χ3n) is 3.27. The molecule has 1 amide bonds. The number of nitrogens with one attached hydrogen (secondary N) is 3. The van der Waals surface area contributed by atoms with Crippen LogP contribution >= 0.6 is 12.4 Å². The lowest BCUT2D eigenvalue weighted by Crippen LogP contribution is -2.29. The molecule has 5 nitrogen and oxygen atoms in total. The molecule has 0 radical (unpaired) electrons. The van der Waals surface area contributed by atoms with E-state index in [2.05, 4.69) is 20.9 Å². The summed E-state index contributed by atoms with van der Waals surface area (Å²) in [6.07, 6.45) is 2.20. The zero-order chi connectivity index (χ0) is 13.1. The molecule has 1 aromatic rings. The van der Waals surface area contributed by atoms with Crippen molar-refractivity contribution in [3.8, 4) is 0 Å². The molecule has 108 valence electrons. The highest BCUT2D eigenvalue weighted by Gasteiger charge is 2.24. The van der Waals surface area contributed by atoms with E-state index in [9.17, 15) is 4.79 Å². The summed E-state index contributed by atoms with van der Waals surface area (Å²) < 4.78 is 0. The van der Waals surface area contributed by atoms with Crippen LogP contribution in [-0.4, -0.2) is 37.4 Å². The van der Waals surface area contributed by atoms with Gasteiger partial charge in [0.2, 0.25) is 0 Å². The van der Waals surface area contributed by atoms with E-state index in [1.165, 1.54) is 0 Å². The van der Waals surface area contributed by atoms with Gasteiger partial charge in [-0.1, -0.05) is 12.1 Å². The van der Waals surface area contributed by atoms with Crippen LogP contribution in [0.5, 0.6) is 0 Å². The lowest BCUT2D eigenvalue weighted by molar-refractivity contribution is 0.0952. The van der Waals surface area contributed by atoms with Crippen LogP contribution in [0.4, 0.5) is 5.69 Å². The fourth-order valence-electron chi connectivity index (χ4n) is 2.07. The Morgan fingerprint density at radius 1 is 1.35 bits per heavy atom. The van der Waals surface area contributed by atoms with E-state index in [4.69, 9.17) is 0 Å². The van der Waals surface area contributed by atoms with Gasteiger partial charge < -0.3 is 16.0 Å². The molecule has 20 heavy (non-hydrogen) atoms. The monoisotopic (exact) mass is 294 g/mol. The van der Waals surface area contributed by atoms with E-state index in [0.29, 0.717) is 18.2 Å². The van der Waals surface area contributed by atoms with Crippen molar-refractivity contribution in [1.82, 2.24) is 10.6 Å². The number of hydrogen-bond donors (Lipinski definition) is 3. The molecule has 1 saturated carbocycles. The molecule has 1 fully saturated rings. The molecule has 0 saturated heterocycles. The van der Waals surface area contributed by atoms with Crippen molar-refractivity contribution >= 4 is 29.8 Å². The topological polar surface area (TPSA) is 65.5 Å². The number of carbonyl (C=O) groups is 1. The van der Waals surface area contributed by atoms with Crippen molar-refractivity contribution < 1.29 is 4.79 Å². The SMILES string of the molecule is Cl.O=C(NC1CC1)c1ccccc1NCC1=NCCN1. The lowest BCUT2D eigenvalue weighted by Gasteiger charge is -2.12. The van der Waals surface area contributed by atoms with E-state index in [0.717, 1.165) is 37.5 Å². The van der Waals surface area contributed by atoms with Gasteiger partial charge in [0.15, 0.2) is 0 Å². The van der Waals surface area contributed by atoms with Gasteiger partial charge in [-0.2, -0.15) is 0 Å². The van der Waals surface area contributed by atoms with Crippen molar-refractivity contribution in [2.45, 2.75) is 18.9 Å². The van der Waals surface area contributed by atoms with Gasteiger partial charge in [0.05, 0.1) is 18.7 Å². The van der Waals surface area contributed by atoms with Crippen molar-refractivity contribution in [2.24, 2.45) is 4.99 Å². The minimum Gasteiger partial charge on any atom is -0.377 e. The first-order chi connectivity index (χ1) is 9.33. The van der Waals surface area contributed by atoms with E-state index >= 15 is 0 Å². The molecule has 1 aromatic carbocycles. The minimum absolute atomic E-state index is 0. The third-order valence-corrected chi connectivity index (χ3v) is 3.27. The molecule has 1 heterocycles. The maximum absolute atomic E-state index is 12.1. The maximum Gasteiger partial charge on any atom is 0.253 e. The first-order valence-electron chi connectivity index (χ1n) is 6.74. The van der Waals surface area contributed by atoms with Gasteiger partial charge in [-0.05, 0) is 25.0 Å². The Labute approximate surface area is 124 Å². The largest absolute Gasteiger partial charge is 0.377 e. The van der Waals surface area contributed by atoms with Crippen molar-refractivity contribution in [1.29, 1.82) is 0 Å². The lowest BCUT2D eigenvalue weighted by atomic mass is 10.1. The highest BCUT2D eigenvalue weighted by molar-refractivity contribution is 6.00. The van der Waals surface area contributed by atoms with Crippen molar-refractivity contribution in [3.63, 3.8) is 0 Å². The van der Waals surface area contributed by atoms with E-state index in [-0.39, 0.29) is 18.3 Å². The van der Waals surface area contributed by atoms with Crippen molar-refractivity contribution in [3.05, 3.63) is 29.8 Å². The summed E-state index contributed by atoms with van der Waals surface area (Å²) in [6.45, 7) is 2.37. The Balaban J connectivity index is 0.00000147. The summed E-state index contributed by atoms with van der Waals surface area (Å²) in [5.41, 5.74) is 1.56. The summed E-state index contributed by atoms with van der Waals surface area (Å²) in [6, 6.07) is 7.97. The highest BCUT2D eigenvalue weighted by Crippen LogP contribution is 2.21. The highest BCUT2D eigenvalue weighted by atomic mass is 35.5. The second-order valence-corrected chi connectivity index (χ2v) is 4.90. The fraction of sp³-hybridized carbons (Fsp3) is 0.429. The molecule has 0 bridgehead atoms. The van der Waals surface area contributed by atoms with Crippen LogP contribution in [0.1, 0.15) is 23.2 Å². The van der Waals surface area contributed by atoms with Gasteiger partial charge in [0, 0.05) is 18.3 Å². The average Bonchev–Trinajstić information content (AvgIpc) is 3.09. The predicted molar refractivity (Wildman–Crippen MR) is 83.0 cm³/mol. The van der Waals surface area contributed by atoms with Crippen LogP contribution in [0.3, 0.4) is 0 Å². The van der Waals surface area contributed by atoms with Gasteiger partial charge in [0.25, 0.3) is 5.91 Å². The third kappa shape index (κ3) is 3.63. The number of carbonyl (C=O) groups excluding carboxylic acids is 1. The van der Waals surface area contributed by atoms with Crippen LogP contribution in [-0.2, 0) is 0 Å². The molecular formula is C14H19ClN4O. The molecule has 0 aromatic heterocycles. The number of anilines is 1. The summed E-state index contributed by atoms with van der Waals surface area (Å²) in [7, 11) is 0. The number of aliphatic imine (C=N–C) groups is 1. The number of rotatable bonds is 5. The van der Waals surface area contributed by atoms with Gasteiger partial charge in [-0.15, -0.1) is 12.4 Å².